The Bertz CT molecular complexity index is 1040. The van der Waals surface area contributed by atoms with Gasteiger partial charge < -0.3 is 10.4 Å². The Morgan fingerprint density at radius 3 is 2.52 bits per heavy atom. The number of nitrogens with one attached hydrogen (secondary N) is 2. The average molecular weight is 478 g/mol. The zero-order valence-corrected chi connectivity index (χ0v) is 18.2. The van der Waals surface area contributed by atoms with Crippen LogP contribution in [0.4, 0.5) is 24.8 Å². The first-order valence-corrected chi connectivity index (χ1v) is 11.9. The summed E-state index contributed by atoms with van der Waals surface area (Å²) in [5, 5.41) is 12.2. The second-order valence-electron chi connectivity index (χ2n) is 6.99. The van der Waals surface area contributed by atoms with Crippen LogP contribution in [0, 0.1) is 17.5 Å². The summed E-state index contributed by atoms with van der Waals surface area (Å²) >= 11 is 0.921. The lowest BCUT2D eigenvalue weighted by molar-refractivity contribution is 0.281. The van der Waals surface area contributed by atoms with Crippen molar-refractivity contribution < 1.29 is 26.7 Å². The number of aliphatic hydroxyl groups excluding tert-OH is 1. The van der Waals surface area contributed by atoms with Gasteiger partial charge in [-0.3, -0.25) is 4.72 Å². The predicted molar refractivity (Wildman–Crippen MR) is 111 cm³/mol. The number of aromatic nitrogens is 2. The third-order valence-corrected chi connectivity index (χ3v) is 6.89. The van der Waals surface area contributed by atoms with E-state index in [2.05, 4.69) is 20.0 Å². The molecule has 0 unspecified atom stereocenters. The molecule has 0 amide bonds. The van der Waals surface area contributed by atoms with Crippen LogP contribution in [0.15, 0.2) is 23.4 Å². The highest BCUT2D eigenvalue weighted by molar-refractivity contribution is 7.98. The van der Waals surface area contributed by atoms with Gasteiger partial charge in [0, 0.05) is 36.5 Å². The Labute approximate surface area is 182 Å². The average Bonchev–Trinajstić information content (AvgIpc) is 3.27. The highest BCUT2D eigenvalue weighted by Gasteiger charge is 2.26. The first-order valence-electron chi connectivity index (χ1n) is 9.49. The van der Waals surface area contributed by atoms with Crippen LogP contribution in [0.3, 0.4) is 0 Å². The first kappa shape index (κ1) is 23.6. The van der Waals surface area contributed by atoms with Gasteiger partial charge in [0.25, 0.3) is 0 Å². The molecule has 1 atom stereocenters. The molecule has 1 saturated heterocycles. The van der Waals surface area contributed by atoms with E-state index in [0.717, 1.165) is 36.7 Å². The topological polar surface area (TPSA) is 107 Å². The van der Waals surface area contributed by atoms with Crippen molar-refractivity contribution in [2.45, 2.75) is 36.7 Å². The molecule has 1 aromatic carbocycles. The molecule has 2 aromatic rings. The van der Waals surface area contributed by atoms with Gasteiger partial charge in [0.15, 0.2) is 22.6 Å². The normalized spacial score (nSPS) is 15.8. The van der Waals surface area contributed by atoms with E-state index >= 15 is 0 Å². The highest BCUT2D eigenvalue weighted by atomic mass is 32.2. The largest absolute Gasteiger partial charge is 0.394 e. The zero-order chi connectivity index (χ0) is 22.6. The van der Waals surface area contributed by atoms with E-state index in [9.17, 15) is 26.7 Å². The van der Waals surface area contributed by atoms with Crippen molar-refractivity contribution in [3.8, 4) is 0 Å². The molecule has 170 valence electrons. The van der Waals surface area contributed by atoms with Crippen LogP contribution in [0.5, 0.6) is 0 Å². The van der Waals surface area contributed by atoms with E-state index in [4.69, 9.17) is 0 Å². The summed E-state index contributed by atoms with van der Waals surface area (Å²) in [6, 6.07) is 2.95. The summed E-state index contributed by atoms with van der Waals surface area (Å²) in [5.41, 5.74) is -0.0891. The highest BCUT2D eigenvalue weighted by Crippen LogP contribution is 2.27. The Hall–Kier alpha value is -2.09. The Balaban J connectivity index is 1.84. The molecule has 0 bridgehead atoms. The molecule has 0 aliphatic carbocycles. The molecule has 1 aliphatic rings. The number of rotatable bonds is 9. The SMILES string of the molecule is C[C@H](CO)Nc1cc(NS(=O)(=O)N2CCCC2)nc(SCc2ccc(F)c(F)c2F)n1. The summed E-state index contributed by atoms with van der Waals surface area (Å²) in [6.45, 7) is 2.31. The van der Waals surface area contributed by atoms with E-state index in [-0.39, 0.29) is 40.8 Å². The number of anilines is 2. The van der Waals surface area contributed by atoms with Gasteiger partial charge in [0.2, 0.25) is 0 Å². The molecule has 8 nitrogen and oxygen atoms in total. The fourth-order valence-electron chi connectivity index (χ4n) is 2.86. The lowest BCUT2D eigenvalue weighted by Gasteiger charge is -2.18. The minimum atomic E-state index is -3.81. The monoisotopic (exact) mass is 477 g/mol. The molecular weight excluding hydrogens is 455 g/mol. The Kier molecular flexibility index (Phi) is 7.62. The molecular formula is C18H22F3N5O3S2. The lowest BCUT2D eigenvalue weighted by Crippen LogP contribution is -2.33. The lowest BCUT2D eigenvalue weighted by atomic mass is 10.2. The van der Waals surface area contributed by atoms with Gasteiger partial charge in [-0.1, -0.05) is 17.8 Å². The van der Waals surface area contributed by atoms with Crippen molar-refractivity contribution in [3.05, 3.63) is 41.2 Å². The van der Waals surface area contributed by atoms with Gasteiger partial charge in [0.05, 0.1) is 6.61 Å². The minimum absolute atomic E-state index is 0.0113. The number of thioether (sulfide) groups is 1. The molecule has 0 saturated carbocycles. The van der Waals surface area contributed by atoms with E-state index in [1.54, 1.807) is 6.92 Å². The van der Waals surface area contributed by atoms with Gasteiger partial charge in [-0.2, -0.15) is 12.7 Å². The molecule has 3 N–H and O–H groups in total. The second-order valence-corrected chi connectivity index (χ2v) is 9.60. The molecule has 13 heteroatoms. The van der Waals surface area contributed by atoms with E-state index in [1.807, 2.05) is 0 Å². The quantitative estimate of drug-likeness (QED) is 0.290. The maximum atomic E-state index is 13.9. The fourth-order valence-corrected chi connectivity index (χ4v) is 4.93. The molecule has 31 heavy (non-hydrogen) atoms. The van der Waals surface area contributed by atoms with Crippen molar-refractivity contribution in [3.63, 3.8) is 0 Å². The number of halogens is 3. The summed E-state index contributed by atoms with van der Waals surface area (Å²) < 4.78 is 69.3. The number of hydrogen-bond donors (Lipinski definition) is 3. The summed E-state index contributed by atoms with van der Waals surface area (Å²) in [5.74, 6) is -4.03. The number of hydrogen-bond acceptors (Lipinski definition) is 7. The molecule has 1 aliphatic heterocycles. The van der Waals surface area contributed by atoms with E-state index in [0.29, 0.717) is 13.1 Å². The summed E-state index contributed by atoms with van der Waals surface area (Å²) in [4.78, 5) is 8.37. The van der Waals surface area contributed by atoms with Crippen molar-refractivity contribution in [1.82, 2.24) is 14.3 Å². The number of nitrogens with zero attached hydrogens (tertiary/aromatic N) is 3. The van der Waals surface area contributed by atoms with Crippen LogP contribution in [-0.4, -0.2) is 53.5 Å². The van der Waals surface area contributed by atoms with Gasteiger partial charge in [-0.05, 0) is 25.8 Å². The summed E-state index contributed by atoms with van der Waals surface area (Å²) in [7, 11) is -3.81. The van der Waals surface area contributed by atoms with Crippen LogP contribution in [0.1, 0.15) is 25.3 Å². The molecule has 1 aromatic heterocycles. The smallest absolute Gasteiger partial charge is 0.302 e. The standard InChI is InChI=1S/C18H22F3N5O3S2/c1-11(9-27)22-14-8-15(25-31(28,29)26-6-2-3-7-26)24-18(23-14)30-10-12-4-5-13(19)17(21)16(12)20/h4-5,8,11,27H,2-3,6-7,9-10H2,1H3,(H2,22,23,24,25)/t11-/m1/s1. The van der Waals surface area contributed by atoms with Gasteiger partial charge in [-0.15, -0.1) is 0 Å². The van der Waals surface area contributed by atoms with E-state index < -0.39 is 27.7 Å². The minimum Gasteiger partial charge on any atom is -0.394 e. The third-order valence-electron chi connectivity index (χ3n) is 4.48. The van der Waals surface area contributed by atoms with Gasteiger partial charge in [0.1, 0.15) is 11.6 Å². The van der Waals surface area contributed by atoms with Crippen LogP contribution >= 0.6 is 11.8 Å². The maximum absolute atomic E-state index is 13.9. The Morgan fingerprint density at radius 1 is 1.16 bits per heavy atom. The van der Waals surface area contributed by atoms with Crippen LogP contribution in [0.25, 0.3) is 0 Å². The third kappa shape index (κ3) is 5.99. The molecule has 3 rings (SSSR count). The maximum Gasteiger partial charge on any atom is 0.302 e. The van der Waals surface area contributed by atoms with Gasteiger partial charge >= 0.3 is 10.2 Å². The Morgan fingerprint density at radius 2 is 1.84 bits per heavy atom. The van der Waals surface area contributed by atoms with E-state index in [1.165, 1.54) is 10.4 Å². The van der Waals surface area contributed by atoms with Crippen LogP contribution < -0.4 is 10.0 Å². The second kappa shape index (κ2) is 10.0. The summed E-state index contributed by atoms with van der Waals surface area (Å²) in [6.07, 6.45) is 1.54. The van der Waals surface area contributed by atoms with Crippen LogP contribution in [0.2, 0.25) is 0 Å². The predicted octanol–water partition coefficient (Wildman–Crippen LogP) is 2.73. The van der Waals surface area contributed by atoms with Crippen molar-refractivity contribution >= 4 is 33.6 Å². The van der Waals surface area contributed by atoms with Crippen molar-refractivity contribution in [1.29, 1.82) is 0 Å². The number of aliphatic hydroxyl groups is 1. The van der Waals surface area contributed by atoms with Crippen molar-refractivity contribution in [2.75, 3.05) is 29.7 Å². The number of benzene rings is 1. The molecule has 1 fully saturated rings. The van der Waals surface area contributed by atoms with Crippen molar-refractivity contribution in [2.24, 2.45) is 0 Å². The van der Waals surface area contributed by atoms with Crippen LogP contribution in [-0.2, 0) is 16.0 Å². The fraction of sp³-hybridized carbons (Fsp3) is 0.444. The molecule has 2 heterocycles. The molecule has 0 spiro atoms. The van der Waals surface area contributed by atoms with Gasteiger partial charge in [-0.25, -0.2) is 23.1 Å². The first-order chi connectivity index (χ1) is 14.7. The molecule has 0 radical (unpaired) electrons. The zero-order valence-electron chi connectivity index (χ0n) is 16.6.